The monoisotopic (exact) mass is 311 g/mol. The molecule has 0 aliphatic carbocycles. The Hall–Kier alpha value is -2.14. The van der Waals surface area contributed by atoms with Gasteiger partial charge in [-0.2, -0.15) is 0 Å². The number of benzene rings is 1. The van der Waals surface area contributed by atoms with Crippen LogP contribution in [0.5, 0.6) is 0 Å². The molecule has 0 saturated carbocycles. The Labute approximate surface area is 136 Å². The number of imidazole rings is 1. The van der Waals surface area contributed by atoms with Gasteiger partial charge in [0.1, 0.15) is 11.3 Å². The third-order valence-corrected chi connectivity index (χ3v) is 4.01. The first-order chi connectivity index (χ1) is 10.9. The molecule has 5 heteroatoms. The smallest absolute Gasteiger partial charge is 0.152 e. The van der Waals surface area contributed by atoms with Crippen molar-refractivity contribution in [1.29, 1.82) is 0 Å². The van der Waals surface area contributed by atoms with E-state index in [1.54, 1.807) is 0 Å². The average molecular weight is 311 g/mol. The zero-order valence-electron chi connectivity index (χ0n) is 14.1. The molecule has 0 radical (unpaired) electrons. The number of aromatic nitrogens is 3. The lowest BCUT2D eigenvalue weighted by atomic mass is 10.1. The number of pyridine rings is 1. The van der Waals surface area contributed by atoms with E-state index in [2.05, 4.69) is 22.5 Å². The molecule has 23 heavy (non-hydrogen) atoms. The topological polar surface area (TPSA) is 82.8 Å². The number of fused-ring (bicyclic) bond motifs is 3. The van der Waals surface area contributed by atoms with Crippen LogP contribution in [0.4, 0.5) is 5.82 Å². The average Bonchev–Trinajstić information content (AvgIpc) is 2.83. The maximum Gasteiger partial charge on any atom is 0.152 e. The fraction of sp³-hybridized carbons (Fsp3) is 0.444. The molecule has 2 heterocycles. The van der Waals surface area contributed by atoms with Crippen molar-refractivity contribution < 1.29 is 0 Å². The molecule has 0 fully saturated rings. The molecule has 0 aliphatic rings. The number of nitrogens with zero attached hydrogens (tertiary/aromatic N) is 3. The van der Waals surface area contributed by atoms with E-state index in [4.69, 9.17) is 16.5 Å². The van der Waals surface area contributed by atoms with Crippen LogP contribution >= 0.6 is 0 Å². The molecule has 0 unspecified atom stereocenters. The van der Waals surface area contributed by atoms with Crippen molar-refractivity contribution in [3.8, 4) is 0 Å². The number of hydrogen-bond donors (Lipinski definition) is 2. The number of aryl methyl sites for hydroxylation is 1. The number of unbranched alkanes of at least 4 members (excludes halogenated alkanes) is 1. The van der Waals surface area contributed by atoms with Crippen molar-refractivity contribution in [2.24, 2.45) is 5.73 Å². The third-order valence-electron chi connectivity index (χ3n) is 4.01. The quantitative estimate of drug-likeness (QED) is 0.757. The van der Waals surface area contributed by atoms with Gasteiger partial charge in [0.25, 0.3) is 0 Å². The lowest BCUT2D eigenvalue weighted by Gasteiger charge is -2.22. The first-order valence-electron chi connectivity index (χ1n) is 8.23. The summed E-state index contributed by atoms with van der Waals surface area (Å²) >= 11 is 0. The van der Waals surface area contributed by atoms with Crippen LogP contribution in [0.1, 0.15) is 39.4 Å². The zero-order chi connectivity index (χ0) is 16.6. The van der Waals surface area contributed by atoms with Gasteiger partial charge >= 0.3 is 0 Å². The van der Waals surface area contributed by atoms with E-state index in [9.17, 15) is 0 Å². The molecule has 0 aliphatic heterocycles. The Morgan fingerprint density at radius 1 is 1.17 bits per heavy atom. The summed E-state index contributed by atoms with van der Waals surface area (Å²) in [6.45, 7) is 6.96. The molecular formula is C18H25N5. The van der Waals surface area contributed by atoms with Gasteiger partial charge in [0.2, 0.25) is 0 Å². The minimum absolute atomic E-state index is 0.326. The van der Waals surface area contributed by atoms with Gasteiger partial charge in [-0.05, 0) is 26.3 Å². The molecule has 122 valence electrons. The molecular weight excluding hydrogens is 286 g/mol. The maximum absolute atomic E-state index is 6.30. The SMILES string of the molecule is CCCCc1nc2c(N)nc3ccccc3c2n1CC(C)(C)N. The fourth-order valence-electron chi connectivity index (χ4n) is 3.01. The highest BCUT2D eigenvalue weighted by Gasteiger charge is 2.21. The Kier molecular flexibility index (Phi) is 3.98. The van der Waals surface area contributed by atoms with Crippen LogP contribution in [0.25, 0.3) is 21.9 Å². The summed E-state index contributed by atoms with van der Waals surface area (Å²) in [7, 11) is 0. The zero-order valence-corrected chi connectivity index (χ0v) is 14.1. The number of nitrogens with two attached hydrogens (primary N) is 2. The minimum Gasteiger partial charge on any atom is -0.382 e. The lowest BCUT2D eigenvalue weighted by Crippen LogP contribution is -2.37. The predicted octanol–water partition coefficient (Wildman–Crippen LogP) is 3.25. The summed E-state index contributed by atoms with van der Waals surface area (Å²) in [5, 5.41) is 1.08. The molecule has 0 bridgehead atoms. The molecule has 1 aromatic carbocycles. The number of para-hydroxylation sites is 1. The lowest BCUT2D eigenvalue weighted by molar-refractivity contribution is 0.430. The molecule has 0 spiro atoms. The van der Waals surface area contributed by atoms with Gasteiger partial charge in [-0.3, -0.25) is 0 Å². The van der Waals surface area contributed by atoms with Crippen molar-refractivity contribution in [3.05, 3.63) is 30.1 Å². The van der Waals surface area contributed by atoms with E-state index in [0.29, 0.717) is 12.4 Å². The van der Waals surface area contributed by atoms with Crippen LogP contribution in [0, 0.1) is 0 Å². The van der Waals surface area contributed by atoms with E-state index in [-0.39, 0.29) is 5.54 Å². The molecule has 4 N–H and O–H groups in total. The summed E-state index contributed by atoms with van der Waals surface area (Å²) < 4.78 is 2.24. The molecule has 2 aromatic heterocycles. The molecule has 0 atom stereocenters. The number of anilines is 1. The fourth-order valence-corrected chi connectivity index (χ4v) is 3.01. The van der Waals surface area contributed by atoms with Crippen LogP contribution in [0.15, 0.2) is 24.3 Å². The second-order valence-electron chi connectivity index (χ2n) is 6.92. The predicted molar refractivity (Wildman–Crippen MR) is 96.3 cm³/mol. The highest BCUT2D eigenvalue weighted by atomic mass is 15.1. The van der Waals surface area contributed by atoms with Gasteiger partial charge < -0.3 is 16.0 Å². The standard InChI is InChI=1S/C18H25N5/c1-4-5-10-14-22-15-16(23(14)11-18(2,3)20)12-8-6-7-9-13(12)21-17(15)19/h6-9H,4-5,10-11,20H2,1-3H3,(H2,19,21). The Bertz CT molecular complexity index is 842. The van der Waals surface area contributed by atoms with Crippen molar-refractivity contribution in [3.63, 3.8) is 0 Å². The Balaban J connectivity index is 2.32. The van der Waals surface area contributed by atoms with Crippen LogP contribution in [-0.4, -0.2) is 20.1 Å². The van der Waals surface area contributed by atoms with Crippen molar-refractivity contribution in [1.82, 2.24) is 14.5 Å². The van der Waals surface area contributed by atoms with Crippen molar-refractivity contribution in [2.75, 3.05) is 5.73 Å². The van der Waals surface area contributed by atoms with Gasteiger partial charge in [-0.25, -0.2) is 9.97 Å². The summed E-state index contributed by atoms with van der Waals surface area (Å²) in [5.41, 5.74) is 14.9. The largest absolute Gasteiger partial charge is 0.382 e. The van der Waals surface area contributed by atoms with Gasteiger partial charge in [0, 0.05) is 23.9 Å². The summed E-state index contributed by atoms with van der Waals surface area (Å²) in [5.74, 6) is 1.54. The van der Waals surface area contributed by atoms with Crippen LogP contribution in [0.2, 0.25) is 0 Å². The summed E-state index contributed by atoms with van der Waals surface area (Å²) in [6, 6.07) is 8.07. The van der Waals surface area contributed by atoms with E-state index in [1.165, 1.54) is 0 Å². The molecule has 0 saturated heterocycles. The van der Waals surface area contributed by atoms with Gasteiger partial charge in [0.15, 0.2) is 5.82 Å². The normalized spacial score (nSPS) is 12.3. The Morgan fingerprint density at radius 2 is 1.91 bits per heavy atom. The number of nitrogen functional groups attached to an aromatic ring is 1. The Morgan fingerprint density at radius 3 is 2.61 bits per heavy atom. The molecule has 5 nitrogen and oxygen atoms in total. The van der Waals surface area contributed by atoms with Gasteiger partial charge in [0.05, 0.1) is 11.0 Å². The maximum atomic E-state index is 6.30. The summed E-state index contributed by atoms with van der Waals surface area (Å²) in [6.07, 6.45) is 3.15. The van der Waals surface area contributed by atoms with Crippen LogP contribution < -0.4 is 11.5 Å². The van der Waals surface area contributed by atoms with Crippen molar-refractivity contribution >= 4 is 27.8 Å². The molecule has 3 rings (SSSR count). The molecule has 3 aromatic rings. The van der Waals surface area contributed by atoms with E-state index in [0.717, 1.165) is 47.0 Å². The highest BCUT2D eigenvalue weighted by molar-refractivity contribution is 6.06. The first kappa shape index (κ1) is 15.7. The first-order valence-corrected chi connectivity index (χ1v) is 8.23. The second kappa shape index (κ2) is 5.81. The van der Waals surface area contributed by atoms with E-state index < -0.39 is 0 Å². The molecule has 0 amide bonds. The number of hydrogen-bond acceptors (Lipinski definition) is 4. The van der Waals surface area contributed by atoms with E-state index >= 15 is 0 Å². The highest BCUT2D eigenvalue weighted by Crippen LogP contribution is 2.30. The number of rotatable bonds is 5. The van der Waals surface area contributed by atoms with Gasteiger partial charge in [-0.1, -0.05) is 31.5 Å². The third kappa shape index (κ3) is 3.01. The van der Waals surface area contributed by atoms with Crippen molar-refractivity contribution in [2.45, 2.75) is 52.1 Å². The van der Waals surface area contributed by atoms with Crippen LogP contribution in [0.3, 0.4) is 0 Å². The minimum atomic E-state index is -0.326. The second-order valence-corrected chi connectivity index (χ2v) is 6.92. The van der Waals surface area contributed by atoms with Crippen LogP contribution in [-0.2, 0) is 13.0 Å². The van der Waals surface area contributed by atoms with Gasteiger partial charge in [-0.15, -0.1) is 0 Å². The van der Waals surface area contributed by atoms with E-state index in [1.807, 2.05) is 32.0 Å². The summed E-state index contributed by atoms with van der Waals surface area (Å²) in [4.78, 5) is 9.31.